The van der Waals surface area contributed by atoms with E-state index in [1.165, 1.54) is 12.8 Å². The molecule has 2 aliphatic rings. The minimum atomic E-state index is 0.165. The molecule has 1 aromatic carbocycles. The number of pyridine rings is 1. The Labute approximate surface area is 163 Å². The number of hydrogen-bond donors (Lipinski definition) is 1. The monoisotopic (exact) mass is 374 g/mol. The smallest absolute Gasteiger partial charge is 0.237 e. The van der Waals surface area contributed by atoms with Crippen molar-refractivity contribution in [1.82, 2.24) is 24.8 Å². The quantitative estimate of drug-likeness (QED) is 0.757. The third-order valence-corrected chi connectivity index (χ3v) is 5.49. The lowest BCUT2D eigenvalue weighted by Crippen LogP contribution is -2.36. The van der Waals surface area contributed by atoms with Crippen LogP contribution in [0.4, 0.5) is 11.5 Å². The van der Waals surface area contributed by atoms with Gasteiger partial charge in [0.1, 0.15) is 12.1 Å². The van der Waals surface area contributed by atoms with Crippen LogP contribution in [-0.2, 0) is 17.9 Å². The first-order chi connectivity index (χ1) is 13.8. The molecule has 1 fully saturated rings. The molecule has 4 heterocycles. The summed E-state index contributed by atoms with van der Waals surface area (Å²) < 4.78 is 0. The first-order valence-electron chi connectivity index (χ1n) is 9.71. The zero-order chi connectivity index (χ0) is 18.9. The molecule has 7 nitrogen and oxygen atoms in total. The normalized spacial score (nSPS) is 16.5. The maximum atomic E-state index is 12.7. The minimum Gasteiger partial charge on any atom is -0.339 e. The molecule has 0 spiro atoms. The van der Waals surface area contributed by atoms with Gasteiger partial charge in [-0.3, -0.25) is 14.7 Å². The summed E-state index contributed by atoms with van der Waals surface area (Å²) in [5.41, 5.74) is 3.74. The second-order valence-electron chi connectivity index (χ2n) is 7.42. The van der Waals surface area contributed by atoms with Gasteiger partial charge in [0.2, 0.25) is 5.91 Å². The highest BCUT2D eigenvalue weighted by Gasteiger charge is 2.28. The van der Waals surface area contributed by atoms with Crippen LogP contribution in [0.15, 0.2) is 42.9 Å². The van der Waals surface area contributed by atoms with Crippen molar-refractivity contribution in [3.63, 3.8) is 0 Å². The number of nitrogens with zero attached hydrogens (tertiary/aromatic N) is 5. The highest BCUT2D eigenvalue weighted by atomic mass is 16.2. The van der Waals surface area contributed by atoms with Crippen molar-refractivity contribution in [2.75, 3.05) is 25.0 Å². The zero-order valence-corrected chi connectivity index (χ0v) is 15.6. The molecular formula is C21H22N6O. The highest BCUT2D eigenvalue weighted by Crippen LogP contribution is 2.29. The fraction of sp³-hybridized carbons (Fsp3) is 0.333. The summed E-state index contributed by atoms with van der Waals surface area (Å²) in [5, 5.41) is 4.44. The van der Waals surface area contributed by atoms with E-state index >= 15 is 0 Å². The second kappa shape index (κ2) is 7.16. The number of aromatic nitrogens is 3. The number of anilines is 2. The number of nitrogens with one attached hydrogen (secondary N) is 1. The van der Waals surface area contributed by atoms with Crippen LogP contribution in [0.25, 0.3) is 10.9 Å². The Morgan fingerprint density at radius 1 is 1.07 bits per heavy atom. The van der Waals surface area contributed by atoms with Crippen LogP contribution in [0.2, 0.25) is 0 Å². The average Bonchev–Trinajstić information content (AvgIpc) is 3.38. The minimum absolute atomic E-state index is 0.165. The zero-order valence-electron chi connectivity index (χ0n) is 15.6. The van der Waals surface area contributed by atoms with Gasteiger partial charge >= 0.3 is 0 Å². The highest BCUT2D eigenvalue weighted by molar-refractivity contribution is 5.83. The van der Waals surface area contributed by atoms with Crippen LogP contribution in [0.1, 0.15) is 24.1 Å². The third kappa shape index (κ3) is 3.29. The van der Waals surface area contributed by atoms with Gasteiger partial charge in [0.05, 0.1) is 42.7 Å². The number of benzene rings is 1. The Hall–Kier alpha value is -3.06. The van der Waals surface area contributed by atoms with E-state index in [1.807, 2.05) is 35.4 Å². The number of rotatable bonds is 4. The Morgan fingerprint density at radius 2 is 1.93 bits per heavy atom. The second-order valence-corrected chi connectivity index (χ2v) is 7.42. The van der Waals surface area contributed by atoms with E-state index in [-0.39, 0.29) is 5.91 Å². The molecule has 5 rings (SSSR count). The summed E-state index contributed by atoms with van der Waals surface area (Å²) in [6.07, 6.45) is 5.74. The van der Waals surface area contributed by atoms with Gasteiger partial charge in [-0.2, -0.15) is 0 Å². The number of hydrogen-bond acceptors (Lipinski definition) is 6. The molecule has 0 atom stereocenters. The molecule has 28 heavy (non-hydrogen) atoms. The van der Waals surface area contributed by atoms with E-state index in [2.05, 4.69) is 31.2 Å². The number of para-hydroxylation sites is 1. The average molecular weight is 374 g/mol. The van der Waals surface area contributed by atoms with Crippen molar-refractivity contribution >= 4 is 28.3 Å². The van der Waals surface area contributed by atoms with Crippen LogP contribution >= 0.6 is 0 Å². The molecule has 0 unspecified atom stereocenters. The fourth-order valence-electron chi connectivity index (χ4n) is 3.97. The molecule has 2 aromatic heterocycles. The summed E-state index contributed by atoms with van der Waals surface area (Å²) >= 11 is 0. The van der Waals surface area contributed by atoms with Crippen molar-refractivity contribution in [3.8, 4) is 0 Å². The molecule has 142 valence electrons. The molecule has 1 N–H and O–H groups in total. The van der Waals surface area contributed by atoms with Crippen molar-refractivity contribution in [1.29, 1.82) is 0 Å². The number of fused-ring (bicyclic) bond motifs is 2. The first kappa shape index (κ1) is 17.1. The Kier molecular flexibility index (Phi) is 4.37. The summed E-state index contributed by atoms with van der Waals surface area (Å²) in [4.78, 5) is 30.1. The predicted octanol–water partition coefficient (Wildman–Crippen LogP) is 2.71. The Balaban J connectivity index is 1.34. The van der Waals surface area contributed by atoms with Crippen molar-refractivity contribution in [2.24, 2.45) is 0 Å². The molecule has 3 aromatic rings. The van der Waals surface area contributed by atoms with Gasteiger partial charge in [0, 0.05) is 10.9 Å². The van der Waals surface area contributed by atoms with Crippen LogP contribution in [0.5, 0.6) is 0 Å². The van der Waals surface area contributed by atoms with Gasteiger partial charge in [-0.15, -0.1) is 0 Å². The topological polar surface area (TPSA) is 74.2 Å². The molecular weight excluding hydrogens is 352 g/mol. The van der Waals surface area contributed by atoms with E-state index < -0.39 is 0 Å². The largest absolute Gasteiger partial charge is 0.339 e. The summed E-state index contributed by atoms with van der Waals surface area (Å²) in [7, 11) is 0. The molecule has 0 aliphatic carbocycles. The number of likely N-dealkylation sites (tertiary alicyclic amines) is 1. The van der Waals surface area contributed by atoms with E-state index in [4.69, 9.17) is 0 Å². The molecule has 0 saturated carbocycles. The molecule has 2 aliphatic heterocycles. The summed E-state index contributed by atoms with van der Waals surface area (Å²) in [6.45, 7) is 3.64. The van der Waals surface area contributed by atoms with Crippen LogP contribution in [0, 0.1) is 0 Å². The maximum Gasteiger partial charge on any atom is 0.237 e. The van der Waals surface area contributed by atoms with Crippen molar-refractivity contribution < 1.29 is 4.79 Å². The summed E-state index contributed by atoms with van der Waals surface area (Å²) in [5.74, 6) is 0.914. The molecule has 1 amide bonds. The van der Waals surface area contributed by atoms with Gasteiger partial charge in [-0.05, 0) is 38.1 Å². The Bertz CT molecular complexity index is 1030. The van der Waals surface area contributed by atoms with Crippen LogP contribution in [-0.4, -0.2) is 50.3 Å². The van der Waals surface area contributed by atoms with Crippen molar-refractivity contribution in [2.45, 2.75) is 25.9 Å². The van der Waals surface area contributed by atoms with E-state index in [1.54, 1.807) is 6.33 Å². The molecule has 0 bridgehead atoms. The number of carbonyl (C=O) groups excluding carboxylic acids is 1. The lowest BCUT2D eigenvalue weighted by molar-refractivity contribution is -0.132. The van der Waals surface area contributed by atoms with E-state index in [0.717, 1.165) is 46.8 Å². The van der Waals surface area contributed by atoms with Gasteiger partial charge in [0.25, 0.3) is 0 Å². The Morgan fingerprint density at radius 3 is 2.82 bits per heavy atom. The predicted molar refractivity (Wildman–Crippen MR) is 107 cm³/mol. The number of carbonyl (C=O) groups is 1. The lowest BCUT2D eigenvalue weighted by Gasteiger charge is -2.20. The number of amides is 1. The van der Waals surface area contributed by atoms with Gasteiger partial charge in [0.15, 0.2) is 0 Å². The van der Waals surface area contributed by atoms with Gasteiger partial charge in [-0.1, -0.05) is 18.2 Å². The standard InChI is InChI=1S/C21H22N6O/c28-20(13-26-7-3-4-8-26)27-11-17-19(12-27)23-14-24-21(17)25-16-9-15-5-1-2-6-18(15)22-10-16/h1-2,5-6,9-10,14H,3-4,7-8,11-13H2,(H,23,24,25). The first-order valence-corrected chi connectivity index (χ1v) is 9.71. The fourth-order valence-corrected chi connectivity index (χ4v) is 3.97. The molecule has 1 saturated heterocycles. The van der Waals surface area contributed by atoms with E-state index in [0.29, 0.717) is 19.6 Å². The SMILES string of the molecule is O=C(CN1CCCC1)N1Cc2ncnc(Nc3cnc4ccccc4c3)c2C1. The van der Waals surface area contributed by atoms with E-state index in [9.17, 15) is 4.79 Å². The molecule has 7 heteroatoms. The summed E-state index contributed by atoms with van der Waals surface area (Å²) in [6, 6.07) is 10.1. The van der Waals surface area contributed by atoms with Crippen LogP contribution < -0.4 is 5.32 Å². The van der Waals surface area contributed by atoms with Gasteiger partial charge in [-0.25, -0.2) is 9.97 Å². The van der Waals surface area contributed by atoms with Gasteiger partial charge < -0.3 is 10.2 Å². The maximum absolute atomic E-state index is 12.7. The van der Waals surface area contributed by atoms with Crippen LogP contribution in [0.3, 0.4) is 0 Å². The van der Waals surface area contributed by atoms with Crippen molar-refractivity contribution in [3.05, 3.63) is 54.1 Å². The lowest BCUT2D eigenvalue weighted by atomic mass is 10.2. The third-order valence-electron chi connectivity index (χ3n) is 5.49. The molecule has 0 radical (unpaired) electrons.